The Morgan fingerprint density at radius 3 is 2.65 bits per heavy atom. The van der Waals surface area contributed by atoms with E-state index >= 15 is 0 Å². The van der Waals surface area contributed by atoms with E-state index in [0.29, 0.717) is 11.6 Å². The van der Waals surface area contributed by atoms with Gasteiger partial charge in [0.25, 0.3) is 0 Å². The third-order valence-electron chi connectivity index (χ3n) is 3.57. The summed E-state index contributed by atoms with van der Waals surface area (Å²) in [5, 5.41) is 2.91. The van der Waals surface area contributed by atoms with Gasteiger partial charge < -0.3 is 9.73 Å². The highest BCUT2D eigenvalue weighted by Crippen LogP contribution is 2.19. The number of rotatable bonds is 4. The summed E-state index contributed by atoms with van der Waals surface area (Å²) in [5.74, 6) is 0.421. The molecule has 3 aromatic rings. The molecular formula is C19H18N2O2. The van der Waals surface area contributed by atoms with E-state index in [2.05, 4.69) is 10.3 Å². The van der Waals surface area contributed by atoms with Crippen molar-refractivity contribution >= 4 is 11.6 Å². The van der Waals surface area contributed by atoms with E-state index in [9.17, 15) is 4.79 Å². The molecule has 3 rings (SSSR count). The maximum atomic E-state index is 12.2. The van der Waals surface area contributed by atoms with Gasteiger partial charge in [-0.2, -0.15) is 0 Å². The SMILES string of the molecule is Cc1ccc(NC(=O)Cc2coc(-c3ccccc3)n2)c(C)c1. The first-order chi connectivity index (χ1) is 11.1. The lowest BCUT2D eigenvalue weighted by molar-refractivity contribution is -0.115. The zero-order chi connectivity index (χ0) is 16.2. The molecule has 2 aromatic carbocycles. The molecule has 0 aliphatic heterocycles. The van der Waals surface area contributed by atoms with Crippen LogP contribution in [0.4, 0.5) is 5.69 Å². The molecule has 0 bridgehead atoms. The summed E-state index contributed by atoms with van der Waals surface area (Å²) in [6.45, 7) is 4.01. The molecule has 23 heavy (non-hydrogen) atoms. The van der Waals surface area contributed by atoms with Gasteiger partial charge in [-0.3, -0.25) is 4.79 Å². The molecule has 0 atom stereocenters. The highest BCUT2D eigenvalue weighted by molar-refractivity contribution is 5.92. The molecule has 4 heteroatoms. The van der Waals surface area contributed by atoms with Crippen LogP contribution in [0.3, 0.4) is 0 Å². The minimum Gasteiger partial charge on any atom is -0.444 e. The van der Waals surface area contributed by atoms with Crippen molar-refractivity contribution in [2.24, 2.45) is 0 Å². The minimum atomic E-state index is -0.107. The molecule has 1 aromatic heterocycles. The topological polar surface area (TPSA) is 55.1 Å². The van der Waals surface area contributed by atoms with Gasteiger partial charge in [0.1, 0.15) is 6.26 Å². The normalized spacial score (nSPS) is 10.5. The van der Waals surface area contributed by atoms with Crippen LogP contribution in [0.2, 0.25) is 0 Å². The number of aryl methyl sites for hydroxylation is 2. The van der Waals surface area contributed by atoms with E-state index in [1.807, 2.05) is 62.4 Å². The van der Waals surface area contributed by atoms with Crippen molar-refractivity contribution in [2.75, 3.05) is 5.32 Å². The van der Waals surface area contributed by atoms with E-state index in [-0.39, 0.29) is 12.3 Å². The number of benzene rings is 2. The number of carbonyl (C=O) groups excluding carboxylic acids is 1. The van der Waals surface area contributed by atoms with Gasteiger partial charge in [-0.05, 0) is 37.6 Å². The average molecular weight is 306 g/mol. The summed E-state index contributed by atoms with van der Waals surface area (Å²) in [6.07, 6.45) is 1.72. The van der Waals surface area contributed by atoms with Gasteiger partial charge in [-0.1, -0.05) is 35.9 Å². The van der Waals surface area contributed by atoms with E-state index < -0.39 is 0 Å². The van der Waals surface area contributed by atoms with E-state index in [4.69, 9.17) is 4.42 Å². The summed E-state index contributed by atoms with van der Waals surface area (Å²) in [4.78, 5) is 16.5. The molecule has 0 aliphatic rings. The Bertz CT molecular complexity index is 822. The Morgan fingerprint density at radius 1 is 1.13 bits per heavy atom. The first-order valence-electron chi connectivity index (χ1n) is 7.49. The largest absolute Gasteiger partial charge is 0.444 e. The van der Waals surface area contributed by atoms with Gasteiger partial charge in [0, 0.05) is 11.3 Å². The highest BCUT2D eigenvalue weighted by atomic mass is 16.3. The Morgan fingerprint density at radius 2 is 1.91 bits per heavy atom. The molecule has 1 N–H and O–H groups in total. The molecule has 0 fully saturated rings. The monoisotopic (exact) mass is 306 g/mol. The van der Waals surface area contributed by atoms with Crippen molar-refractivity contribution in [3.63, 3.8) is 0 Å². The number of carbonyl (C=O) groups is 1. The summed E-state index contributed by atoms with van der Waals surface area (Å²) in [7, 11) is 0. The molecule has 0 unspecified atom stereocenters. The maximum absolute atomic E-state index is 12.2. The second-order valence-electron chi connectivity index (χ2n) is 5.55. The number of oxazole rings is 1. The number of aromatic nitrogens is 1. The molecule has 0 spiro atoms. The third-order valence-corrected chi connectivity index (χ3v) is 3.57. The van der Waals surface area contributed by atoms with Crippen LogP contribution in [0, 0.1) is 13.8 Å². The third kappa shape index (κ3) is 3.66. The summed E-state index contributed by atoms with van der Waals surface area (Å²) >= 11 is 0. The maximum Gasteiger partial charge on any atom is 0.230 e. The van der Waals surface area contributed by atoms with E-state index in [1.54, 1.807) is 0 Å². The lowest BCUT2D eigenvalue weighted by Gasteiger charge is -2.08. The molecule has 1 amide bonds. The van der Waals surface area contributed by atoms with Crippen molar-refractivity contribution in [3.05, 3.63) is 71.6 Å². The van der Waals surface area contributed by atoms with Gasteiger partial charge >= 0.3 is 0 Å². The highest BCUT2D eigenvalue weighted by Gasteiger charge is 2.11. The number of hydrogen-bond acceptors (Lipinski definition) is 3. The summed E-state index contributed by atoms with van der Waals surface area (Å²) in [6, 6.07) is 15.6. The Labute approximate surface area is 135 Å². The van der Waals surface area contributed by atoms with Gasteiger partial charge in [-0.25, -0.2) is 4.98 Å². The number of anilines is 1. The van der Waals surface area contributed by atoms with Crippen LogP contribution in [-0.4, -0.2) is 10.9 Å². The van der Waals surface area contributed by atoms with Gasteiger partial charge in [0.2, 0.25) is 11.8 Å². The van der Waals surface area contributed by atoms with Crippen LogP contribution in [0.15, 0.2) is 59.2 Å². The van der Waals surface area contributed by atoms with Crippen molar-refractivity contribution < 1.29 is 9.21 Å². The number of nitrogens with one attached hydrogen (secondary N) is 1. The van der Waals surface area contributed by atoms with Gasteiger partial charge in [-0.15, -0.1) is 0 Å². The van der Waals surface area contributed by atoms with Crippen LogP contribution < -0.4 is 5.32 Å². The first-order valence-corrected chi connectivity index (χ1v) is 7.49. The Kier molecular flexibility index (Phi) is 4.24. The van der Waals surface area contributed by atoms with E-state index in [1.165, 1.54) is 11.8 Å². The molecule has 0 aliphatic carbocycles. The average Bonchev–Trinajstić information content (AvgIpc) is 2.99. The minimum absolute atomic E-state index is 0.107. The predicted molar refractivity (Wildman–Crippen MR) is 90.2 cm³/mol. The molecule has 0 saturated heterocycles. The van der Waals surface area contributed by atoms with Crippen LogP contribution in [0.5, 0.6) is 0 Å². The van der Waals surface area contributed by atoms with E-state index in [0.717, 1.165) is 16.8 Å². The Balaban J connectivity index is 1.68. The molecule has 1 heterocycles. The molecule has 4 nitrogen and oxygen atoms in total. The smallest absolute Gasteiger partial charge is 0.230 e. The molecule has 116 valence electrons. The van der Waals surface area contributed by atoms with Crippen molar-refractivity contribution in [3.8, 4) is 11.5 Å². The fourth-order valence-corrected chi connectivity index (χ4v) is 2.41. The molecule has 0 radical (unpaired) electrons. The summed E-state index contributed by atoms with van der Waals surface area (Å²) < 4.78 is 5.45. The molecule has 0 saturated carbocycles. The number of hydrogen-bond donors (Lipinski definition) is 1. The summed E-state index contributed by atoms with van der Waals surface area (Å²) in [5.41, 5.74) is 4.56. The van der Waals surface area contributed by atoms with Gasteiger partial charge in [0.05, 0.1) is 12.1 Å². The van der Waals surface area contributed by atoms with Crippen LogP contribution in [0.25, 0.3) is 11.5 Å². The van der Waals surface area contributed by atoms with Gasteiger partial charge in [0.15, 0.2) is 0 Å². The number of amides is 1. The fraction of sp³-hybridized carbons (Fsp3) is 0.158. The van der Waals surface area contributed by atoms with Crippen molar-refractivity contribution in [1.29, 1.82) is 0 Å². The zero-order valence-electron chi connectivity index (χ0n) is 13.2. The van der Waals surface area contributed by atoms with Crippen LogP contribution >= 0.6 is 0 Å². The van der Waals surface area contributed by atoms with Crippen molar-refractivity contribution in [2.45, 2.75) is 20.3 Å². The van der Waals surface area contributed by atoms with Crippen LogP contribution in [0.1, 0.15) is 16.8 Å². The lowest BCUT2D eigenvalue weighted by atomic mass is 10.1. The Hall–Kier alpha value is -2.88. The molecular weight excluding hydrogens is 288 g/mol. The standard InChI is InChI=1S/C19H18N2O2/c1-13-8-9-17(14(2)10-13)21-18(22)11-16-12-23-19(20-16)15-6-4-3-5-7-15/h3-10,12H,11H2,1-2H3,(H,21,22). The quantitative estimate of drug-likeness (QED) is 0.788. The fourth-order valence-electron chi connectivity index (χ4n) is 2.41. The first kappa shape index (κ1) is 15.0. The van der Waals surface area contributed by atoms with Crippen LogP contribution in [-0.2, 0) is 11.2 Å². The second kappa shape index (κ2) is 6.48. The van der Waals surface area contributed by atoms with Crippen molar-refractivity contribution in [1.82, 2.24) is 4.98 Å². The number of nitrogens with zero attached hydrogens (tertiary/aromatic N) is 1. The zero-order valence-corrected chi connectivity index (χ0v) is 13.2. The lowest BCUT2D eigenvalue weighted by Crippen LogP contribution is -2.15. The second-order valence-corrected chi connectivity index (χ2v) is 5.55. The predicted octanol–water partition coefficient (Wildman–Crippen LogP) is 4.14.